The summed E-state index contributed by atoms with van der Waals surface area (Å²) in [6, 6.07) is 7.59. The van der Waals surface area contributed by atoms with E-state index in [9.17, 15) is 4.79 Å². The molecule has 0 aliphatic carbocycles. The predicted molar refractivity (Wildman–Crippen MR) is 66.5 cm³/mol. The molecule has 0 spiro atoms. The van der Waals surface area contributed by atoms with Crippen LogP contribution < -0.4 is 4.74 Å². The molecule has 0 bridgehead atoms. The fourth-order valence-electron chi connectivity index (χ4n) is 1.74. The maximum absolute atomic E-state index is 10.6. The van der Waals surface area contributed by atoms with Crippen molar-refractivity contribution in [2.24, 2.45) is 0 Å². The first-order chi connectivity index (χ1) is 8.70. The smallest absolute Gasteiger partial charge is 0.305 e. The number of benzene rings is 1. The predicted octanol–water partition coefficient (Wildman–Crippen LogP) is 2.03. The van der Waals surface area contributed by atoms with Crippen LogP contribution in [-0.2, 0) is 11.3 Å². The van der Waals surface area contributed by atoms with Crippen LogP contribution in [0.15, 0.2) is 36.8 Å². The van der Waals surface area contributed by atoms with E-state index in [1.54, 1.807) is 19.6 Å². The maximum Gasteiger partial charge on any atom is 0.305 e. The first-order valence-electron chi connectivity index (χ1n) is 5.57. The number of methoxy groups -OCH3 is 1. The van der Waals surface area contributed by atoms with Crippen LogP contribution in [0, 0.1) is 0 Å². The number of ether oxygens (including phenoxy) is 1. The van der Waals surface area contributed by atoms with Gasteiger partial charge < -0.3 is 14.4 Å². The van der Waals surface area contributed by atoms with Gasteiger partial charge in [0.05, 0.1) is 31.7 Å². The van der Waals surface area contributed by atoms with Crippen molar-refractivity contribution < 1.29 is 14.6 Å². The molecule has 0 saturated heterocycles. The molecule has 94 valence electrons. The normalized spacial score (nSPS) is 10.3. The number of carboxylic acids is 1. The molecule has 1 aromatic heterocycles. The van der Waals surface area contributed by atoms with Crippen LogP contribution in [0.4, 0.5) is 0 Å². The minimum atomic E-state index is -0.819. The molecular formula is C13H14N2O3. The van der Waals surface area contributed by atoms with Gasteiger partial charge in [-0.05, 0) is 12.1 Å². The van der Waals surface area contributed by atoms with Crippen LogP contribution in [0.1, 0.15) is 6.42 Å². The lowest BCUT2D eigenvalue weighted by Crippen LogP contribution is -2.04. The largest absolute Gasteiger partial charge is 0.497 e. The van der Waals surface area contributed by atoms with Gasteiger partial charge in [0, 0.05) is 12.1 Å². The van der Waals surface area contributed by atoms with Crippen molar-refractivity contribution in [1.82, 2.24) is 9.55 Å². The quantitative estimate of drug-likeness (QED) is 0.876. The lowest BCUT2D eigenvalue weighted by Gasteiger charge is -2.08. The van der Waals surface area contributed by atoms with E-state index in [2.05, 4.69) is 4.98 Å². The Balaban J connectivity index is 2.27. The number of hydrogen-bond acceptors (Lipinski definition) is 3. The molecule has 5 nitrogen and oxygen atoms in total. The molecule has 2 aromatic rings. The molecule has 0 atom stereocenters. The molecule has 1 heterocycles. The minimum Gasteiger partial charge on any atom is -0.497 e. The van der Waals surface area contributed by atoms with Gasteiger partial charge in [-0.3, -0.25) is 4.79 Å². The van der Waals surface area contributed by atoms with Crippen LogP contribution in [0.25, 0.3) is 11.3 Å². The molecule has 0 unspecified atom stereocenters. The third-order valence-corrected chi connectivity index (χ3v) is 2.64. The van der Waals surface area contributed by atoms with Crippen LogP contribution in [-0.4, -0.2) is 27.7 Å². The summed E-state index contributed by atoms with van der Waals surface area (Å²) in [6.45, 7) is 0.405. The average molecular weight is 246 g/mol. The zero-order valence-electron chi connectivity index (χ0n) is 10.0. The van der Waals surface area contributed by atoms with Crippen molar-refractivity contribution in [2.45, 2.75) is 13.0 Å². The number of rotatable bonds is 5. The summed E-state index contributed by atoms with van der Waals surface area (Å²) in [7, 11) is 1.61. The fourth-order valence-corrected chi connectivity index (χ4v) is 1.74. The van der Waals surface area contributed by atoms with E-state index in [0.717, 1.165) is 17.0 Å². The monoisotopic (exact) mass is 246 g/mol. The molecule has 18 heavy (non-hydrogen) atoms. The van der Waals surface area contributed by atoms with E-state index in [1.165, 1.54) is 0 Å². The van der Waals surface area contributed by atoms with Crippen LogP contribution in [0.2, 0.25) is 0 Å². The van der Waals surface area contributed by atoms with Crippen molar-refractivity contribution >= 4 is 5.97 Å². The van der Waals surface area contributed by atoms with Crippen molar-refractivity contribution in [3.8, 4) is 17.0 Å². The lowest BCUT2D eigenvalue weighted by atomic mass is 10.1. The Bertz CT molecular complexity index is 549. The lowest BCUT2D eigenvalue weighted by molar-refractivity contribution is -0.137. The van der Waals surface area contributed by atoms with E-state index >= 15 is 0 Å². The number of carbonyl (C=O) groups is 1. The maximum atomic E-state index is 10.6. The highest BCUT2D eigenvalue weighted by Crippen LogP contribution is 2.23. The highest BCUT2D eigenvalue weighted by Gasteiger charge is 2.07. The van der Waals surface area contributed by atoms with Gasteiger partial charge >= 0.3 is 5.97 Å². The average Bonchev–Trinajstić information content (AvgIpc) is 2.84. The molecule has 0 aliphatic rings. The zero-order valence-corrected chi connectivity index (χ0v) is 10.0. The number of hydrogen-bond donors (Lipinski definition) is 1. The molecule has 1 N–H and O–H groups in total. The van der Waals surface area contributed by atoms with E-state index in [1.807, 2.05) is 28.8 Å². The van der Waals surface area contributed by atoms with Crippen molar-refractivity contribution in [3.05, 3.63) is 36.8 Å². The summed E-state index contributed by atoms with van der Waals surface area (Å²) < 4.78 is 6.99. The third kappa shape index (κ3) is 2.68. The summed E-state index contributed by atoms with van der Waals surface area (Å²) in [5, 5.41) is 8.70. The summed E-state index contributed by atoms with van der Waals surface area (Å²) in [4.78, 5) is 14.7. The van der Waals surface area contributed by atoms with Gasteiger partial charge in [-0.15, -0.1) is 0 Å². The van der Waals surface area contributed by atoms with Crippen LogP contribution >= 0.6 is 0 Å². The molecular weight excluding hydrogens is 232 g/mol. The number of carboxylic acid groups (broad SMARTS) is 1. The highest BCUT2D eigenvalue weighted by atomic mass is 16.5. The fraction of sp³-hybridized carbons (Fsp3) is 0.231. The van der Waals surface area contributed by atoms with Gasteiger partial charge in [0.2, 0.25) is 0 Å². The van der Waals surface area contributed by atoms with E-state index in [-0.39, 0.29) is 6.42 Å². The second-order valence-electron chi connectivity index (χ2n) is 3.85. The molecule has 2 rings (SSSR count). The molecule has 0 amide bonds. The molecule has 1 aromatic carbocycles. The second kappa shape index (κ2) is 5.35. The second-order valence-corrected chi connectivity index (χ2v) is 3.85. The van der Waals surface area contributed by atoms with Gasteiger partial charge in [-0.25, -0.2) is 4.98 Å². The third-order valence-electron chi connectivity index (χ3n) is 2.64. The Morgan fingerprint density at radius 2 is 2.33 bits per heavy atom. The molecule has 0 fully saturated rings. The standard InChI is InChI=1S/C13H14N2O3/c1-18-11-4-2-3-10(7-11)12-8-14-9-15(12)6-5-13(16)17/h2-4,7-9H,5-6H2,1H3,(H,16,17). The number of imidazole rings is 1. The van der Waals surface area contributed by atoms with E-state index in [4.69, 9.17) is 9.84 Å². The molecule has 0 radical (unpaired) electrons. The van der Waals surface area contributed by atoms with Crippen LogP contribution in [0.5, 0.6) is 5.75 Å². The number of aromatic nitrogens is 2. The number of aryl methyl sites for hydroxylation is 1. The van der Waals surface area contributed by atoms with Crippen LogP contribution in [0.3, 0.4) is 0 Å². The van der Waals surface area contributed by atoms with Gasteiger partial charge in [0.15, 0.2) is 0 Å². The van der Waals surface area contributed by atoms with Gasteiger partial charge in [-0.2, -0.15) is 0 Å². The first-order valence-corrected chi connectivity index (χ1v) is 5.57. The minimum absolute atomic E-state index is 0.0767. The van der Waals surface area contributed by atoms with E-state index < -0.39 is 5.97 Å². The highest BCUT2D eigenvalue weighted by molar-refractivity contribution is 5.67. The summed E-state index contributed by atoms with van der Waals surface area (Å²) in [5.41, 5.74) is 1.84. The molecule has 0 aliphatic heterocycles. The Labute approximate surface area is 105 Å². The summed E-state index contributed by atoms with van der Waals surface area (Å²) in [5.74, 6) is -0.0567. The molecule has 5 heteroatoms. The Kier molecular flexibility index (Phi) is 3.62. The number of nitrogens with zero attached hydrogens (tertiary/aromatic N) is 2. The summed E-state index contributed by atoms with van der Waals surface area (Å²) >= 11 is 0. The van der Waals surface area contributed by atoms with Crippen molar-refractivity contribution in [2.75, 3.05) is 7.11 Å². The topological polar surface area (TPSA) is 64.4 Å². The Hall–Kier alpha value is -2.30. The SMILES string of the molecule is COc1cccc(-c2cncn2CCC(=O)O)c1. The van der Waals surface area contributed by atoms with E-state index in [0.29, 0.717) is 6.54 Å². The van der Waals surface area contributed by atoms with Gasteiger partial charge in [-0.1, -0.05) is 12.1 Å². The Morgan fingerprint density at radius 3 is 3.06 bits per heavy atom. The zero-order chi connectivity index (χ0) is 13.0. The van der Waals surface area contributed by atoms with Crippen molar-refractivity contribution in [3.63, 3.8) is 0 Å². The first kappa shape index (κ1) is 12.2. The molecule has 0 saturated carbocycles. The van der Waals surface area contributed by atoms with Gasteiger partial charge in [0.1, 0.15) is 5.75 Å². The van der Waals surface area contributed by atoms with Gasteiger partial charge in [0.25, 0.3) is 0 Å². The van der Waals surface area contributed by atoms with Crippen molar-refractivity contribution in [1.29, 1.82) is 0 Å². The number of aliphatic carboxylic acids is 1. The Morgan fingerprint density at radius 1 is 1.50 bits per heavy atom. The summed E-state index contributed by atoms with van der Waals surface area (Å²) in [6.07, 6.45) is 3.43.